The second-order valence-corrected chi connectivity index (χ2v) is 12.0. The molecule has 0 bridgehead atoms. The summed E-state index contributed by atoms with van der Waals surface area (Å²) in [6, 6.07) is 15.5. The highest BCUT2D eigenvalue weighted by Gasteiger charge is 2.64. The number of aromatic hydroxyl groups is 1. The highest BCUT2D eigenvalue weighted by Crippen LogP contribution is 2.41. The number of piperazine rings is 1. The topological polar surface area (TPSA) is 69.6 Å². The maximum absolute atomic E-state index is 14.2. The molecule has 2 aromatic carbocycles. The van der Waals surface area contributed by atoms with E-state index in [1.54, 1.807) is 12.1 Å². The van der Waals surface area contributed by atoms with Gasteiger partial charge < -0.3 is 10.4 Å². The molecule has 2 aliphatic heterocycles. The van der Waals surface area contributed by atoms with E-state index < -0.39 is 5.54 Å². The summed E-state index contributed by atoms with van der Waals surface area (Å²) < 4.78 is 0.272. The number of carbonyl (C=O) groups is 2. The van der Waals surface area contributed by atoms with Crippen LogP contribution in [0.25, 0.3) is 11.1 Å². The Bertz CT molecular complexity index is 1160. The summed E-state index contributed by atoms with van der Waals surface area (Å²) in [5.41, 5.74) is 2.63. The Morgan fingerprint density at radius 2 is 1.67 bits per heavy atom. The average molecular weight is 555 g/mol. The van der Waals surface area contributed by atoms with Gasteiger partial charge in [0.05, 0.1) is 13.6 Å². The van der Waals surface area contributed by atoms with Crippen LogP contribution in [-0.4, -0.2) is 64.6 Å². The summed E-state index contributed by atoms with van der Waals surface area (Å²) >= 11 is 0. The van der Waals surface area contributed by atoms with Gasteiger partial charge in [0.25, 0.3) is 5.91 Å². The van der Waals surface area contributed by atoms with Crippen LogP contribution in [0.5, 0.6) is 5.75 Å². The van der Waals surface area contributed by atoms with Crippen LogP contribution in [0.2, 0.25) is 0 Å². The SMILES string of the molecule is CCCC[N+]1(C)C(=O)[C@H](C2CCCCC2)NC(=O)C12CCN(Cc1cccc(-c3cccc(O)c3)c1)CC2.Cl. The Morgan fingerprint density at radius 1 is 1.00 bits per heavy atom. The van der Waals surface area contributed by atoms with E-state index in [4.69, 9.17) is 0 Å². The minimum Gasteiger partial charge on any atom is -0.508 e. The summed E-state index contributed by atoms with van der Waals surface area (Å²) in [6.07, 6.45) is 9.05. The van der Waals surface area contributed by atoms with Gasteiger partial charge in [0.15, 0.2) is 5.54 Å². The number of amides is 2. The predicted molar refractivity (Wildman–Crippen MR) is 158 cm³/mol. The summed E-state index contributed by atoms with van der Waals surface area (Å²) in [4.78, 5) is 30.5. The molecule has 2 heterocycles. The Hall–Kier alpha value is -2.41. The summed E-state index contributed by atoms with van der Waals surface area (Å²) in [5.74, 6) is 0.911. The van der Waals surface area contributed by atoms with Crippen LogP contribution in [0.3, 0.4) is 0 Å². The molecule has 6 nitrogen and oxygen atoms in total. The molecule has 1 spiro atoms. The lowest BCUT2D eigenvalue weighted by molar-refractivity contribution is -0.883. The largest absolute Gasteiger partial charge is 0.508 e. The molecule has 7 heteroatoms. The molecule has 3 aliphatic rings. The summed E-state index contributed by atoms with van der Waals surface area (Å²) in [7, 11) is 2.07. The number of phenols is 1. The monoisotopic (exact) mass is 554 g/mol. The molecular weight excluding hydrogens is 510 g/mol. The van der Waals surface area contributed by atoms with Crippen LogP contribution in [0.15, 0.2) is 48.5 Å². The number of hydrogen-bond acceptors (Lipinski definition) is 4. The van der Waals surface area contributed by atoms with Gasteiger partial charge in [-0.1, -0.05) is 62.9 Å². The van der Waals surface area contributed by atoms with E-state index in [2.05, 4.69) is 48.5 Å². The summed E-state index contributed by atoms with van der Waals surface area (Å²) in [5, 5.41) is 13.2. The van der Waals surface area contributed by atoms with Gasteiger partial charge in [-0.2, -0.15) is 0 Å². The van der Waals surface area contributed by atoms with Gasteiger partial charge in [-0.15, -0.1) is 12.4 Å². The van der Waals surface area contributed by atoms with Gasteiger partial charge in [-0.3, -0.25) is 9.69 Å². The molecule has 2 amide bonds. The molecule has 1 saturated carbocycles. The van der Waals surface area contributed by atoms with Crippen LogP contribution >= 0.6 is 12.4 Å². The van der Waals surface area contributed by atoms with Crippen molar-refractivity contribution in [3.05, 3.63) is 54.1 Å². The van der Waals surface area contributed by atoms with E-state index in [0.717, 1.165) is 75.8 Å². The highest BCUT2D eigenvalue weighted by atomic mass is 35.5. The number of carbonyl (C=O) groups excluding carboxylic acids is 2. The summed E-state index contributed by atoms with van der Waals surface area (Å²) in [6.45, 7) is 5.31. The molecule has 2 saturated heterocycles. The second kappa shape index (κ2) is 12.4. The average Bonchev–Trinajstić information content (AvgIpc) is 2.94. The third-order valence-electron chi connectivity index (χ3n) is 9.68. The fourth-order valence-corrected chi connectivity index (χ4v) is 7.26. The molecular formula is C32H45ClN3O3+. The Labute approximate surface area is 239 Å². The van der Waals surface area contributed by atoms with Crippen LogP contribution in [0, 0.1) is 5.92 Å². The number of piperidine rings is 1. The first-order valence-electron chi connectivity index (χ1n) is 14.7. The molecule has 212 valence electrons. The maximum atomic E-state index is 14.2. The Morgan fingerprint density at radius 3 is 2.33 bits per heavy atom. The zero-order valence-corrected chi connectivity index (χ0v) is 24.3. The van der Waals surface area contributed by atoms with Crippen molar-refractivity contribution in [3.63, 3.8) is 0 Å². The number of likely N-dealkylation sites (tertiary alicyclic amines) is 1. The first kappa shape index (κ1) is 29.6. The number of nitrogens with one attached hydrogen (secondary N) is 1. The zero-order chi connectivity index (χ0) is 26.8. The van der Waals surface area contributed by atoms with Gasteiger partial charge in [0.1, 0.15) is 11.8 Å². The smallest absolute Gasteiger partial charge is 0.337 e. The molecule has 1 aliphatic carbocycles. The third-order valence-corrected chi connectivity index (χ3v) is 9.68. The Balaban J connectivity index is 0.00000353. The van der Waals surface area contributed by atoms with Crippen molar-refractivity contribution in [1.82, 2.24) is 10.2 Å². The van der Waals surface area contributed by atoms with E-state index >= 15 is 0 Å². The molecule has 5 rings (SSSR count). The minimum absolute atomic E-state index is 0. The Kier molecular flexibility index (Phi) is 9.41. The highest BCUT2D eigenvalue weighted by molar-refractivity contribution is 5.95. The standard InChI is InChI=1S/C32H43N3O3.ClH/c1-3-4-20-35(2)30(37)29(25-11-6-5-7-12-25)33-31(38)32(35)16-18-34(19-17-32)23-24-10-8-13-26(21-24)27-14-9-15-28(36)22-27;/h8-10,13-15,21-22,25,29H,3-7,11-12,16-20,23H2,1-2H3,(H-,33,36,38);1H/p+1/t29-,35?;/m0./s1. The second-order valence-electron chi connectivity index (χ2n) is 12.0. The third kappa shape index (κ3) is 5.75. The van der Waals surface area contributed by atoms with Gasteiger partial charge in [0, 0.05) is 32.5 Å². The van der Waals surface area contributed by atoms with Crippen molar-refractivity contribution in [2.24, 2.45) is 5.92 Å². The van der Waals surface area contributed by atoms with Gasteiger partial charge >= 0.3 is 5.91 Å². The lowest BCUT2D eigenvalue weighted by Crippen LogP contribution is -2.81. The first-order chi connectivity index (χ1) is 18.4. The van der Waals surface area contributed by atoms with Crippen molar-refractivity contribution >= 4 is 24.2 Å². The molecule has 2 atom stereocenters. The van der Waals surface area contributed by atoms with E-state index in [-0.39, 0.29) is 46.4 Å². The van der Waals surface area contributed by atoms with Crippen molar-refractivity contribution in [1.29, 1.82) is 0 Å². The normalized spacial score (nSPS) is 25.7. The van der Waals surface area contributed by atoms with Crippen LogP contribution in [0.4, 0.5) is 0 Å². The number of halogens is 1. The first-order valence-corrected chi connectivity index (χ1v) is 14.7. The lowest BCUT2D eigenvalue weighted by Gasteiger charge is -2.55. The van der Waals surface area contributed by atoms with E-state index in [9.17, 15) is 14.7 Å². The molecule has 0 radical (unpaired) electrons. The fraction of sp³-hybridized carbons (Fsp3) is 0.562. The minimum atomic E-state index is -0.669. The number of hydrogen-bond donors (Lipinski definition) is 2. The predicted octanol–water partition coefficient (Wildman–Crippen LogP) is 5.67. The number of benzene rings is 2. The molecule has 0 aromatic heterocycles. The quantitative estimate of drug-likeness (QED) is 0.433. The number of unbranched alkanes of at least 4 members (excludes halogenated alkanes) is 1. The van der Waals surface area contributed by atoms with E-state index in [1.807, 2.05) is 12.1 Å². The number of rotatable bonds is 7. The van der Waals surface area contributed by atoms with Gasteiger partial charge in [0.2, 0.25) is 0 Å². The zero-order valence-electron chi connectivity index (χ0n) is 23.5. The fourth-order valence-electron chi connectivity index (χ4n) is 7.26. The number of phenolic OH excluding ortho intramolecular Hbond substituents is 1. The van der Waals surface area contributed by atoms with Crippen LogP contribution in [-0.2, 0) is 16.1 Å². The van der Waals surface area contributed by atoms with Gasteiger partial charge in [-0.05, 0) is 60.1 Å². The van der Waals surface area contributed by atoms with Crippen molar-refractivity contribution < 1.29 is 19.2 Å². The maximum Gasteiger partial charge on any atom is 0.337 e. The van der Waals surface area contributed by atoms with E-state index in [1.165, 1.54) is 12.0 Å². The molecule has 3 fully saturated rings. The molecule has 2 N–H and O–H groups in total. The molecule has 2 aromatic rings. The van der Waals surface area contributed by atoms with Crippen molar-refractivity contribution in [2.45, 2.75) is 82.8 Å². The van der Waals surface area contributed by atoms with Crippen LogP contribution < -0.4 is 5.32 Å². The van der Waals surface area contributed by atoms with Gasteiger partial charge in [-0.25, -0.2) is 9.28 Å². The number of likely N-dealkylation sites (N-methyl/N-ethyl adjacent to an activating group) is 1. The number of nitrogens with zero attached hydrogens (tertiary/aromatic N) is 2. The van der Waals surface area contributed by atoms with Crippen LogP contribution in [0.1, 0.15) is 70.3 Å². The molecule has 1 unspecified atom stereocenters. The van der Waals surface area contributed by atoms with E-state index in [0.29, 0.717) is 12.8 Å². The lowest BCUT2D eigenvalue weighted by atomic mass is 9.75. The molecule has 39 heavy (non-hydrogen) atoms. The van der Waals surface area contributed by atoms with Crippen molar-refractivity contribution in [3.8, 4) is 16.9 Å². The number of quaternary nitrogens is 1. The van der Waals surface area contributed by atoms with Crippen molar-refractivity contribution in [2.75, 3.05) is 26.7 Å².